The van der Waals surface area contributed by atoms with Crippen molar-refractivity contribution in [1.82, 2.24) is 10.6 Å². The molecule has 1 atom stereocenters. The van der Waals surface area contributed by atoms with Crippen molar-refractivity contribution in [3.05, 3.63) is 41.1 Å². The van der Waals surface area contributed by atoms with E-state index in [0.717, 1.165) is 12.0 Å². The van der Waals surface area contributed by atoms with E-state index in [-0.39, 0.29) is 6.03 Å². The van der Waals surface area contributed by atoms with Gasteiger partial charge in [0.05, 0.1) is 25.3 Å². The number of amides is 2. The van der Waals surface area contributed by atoms with Crippen LogP contribution < -0.4 is 15.4 Å². The lowest BCUT2D eigenvalue weighted by Gasteiger charge is -2.28. The van der Waals surface area contributed by atoms with Crippen LogP contribution in [0.5, 0.6) is 5.75 Å². The summed E-state index contributed by atoms with van der Waals surface area (Å²) in [5, 5.41) is 5.37. The first-order valence-corrected chi connectivity index (χ1v) is 7.16. The topological polar surface area (TPSA) is 76.7 Å². The van der Waals surface area contributed by atoms with Gasteiger partial charge < -0.3 is 20.1 Å². The molecule has 0 bridgehead atoms. The lowest BCUT2D eigenvalue weighted by atomic mass is 9.95. The summed E-state index contributed by atoms with van der Waals surface area (Å²) in [5.41, 5.74) is 1.66. The number of carbonyl (C=O) groups is 2. The summed E-state index contributed by atoms with van der Waals surface area (Å²) < 4.78 is 10.4. The van der Waals surface area contributed by atoms with Gasteiger partial charge >= 0.3 is 12.0 Å². The van der Waals surface area contributed by atoms with Crippen LogP contribution in [-0.2, 0) is 9.53 Å². The van der Waals surface area contributed by atoms with Gasteiger partial charge in [0.1, 0.15) is 5.75 Å². The summed E-state index contributed by atoms with van der Waals surface area (Å²) in [6.07, 6.45) is 0.738. The SMILES string of the molecule is CCCOC(=O)C1=C(C)NC(=O)N[C@@H]1c1cccc(OC)c1. The summed E-state index contributed by atoms with van der Waals surface area (Å²) >= 11 is 0. The van der Waals surface area contributed by atoms with Gasteiger partial charge in [0, 0.05) is 5.70 Å². The van der Waals surface area contributed by atoms with Gasteiger partial charge in [-0.1, -0.05) is 19.1 Å². The smallest absolute Gasteiger partial charge is 0.338 e. The molecule has 6 heteroatoms. The minimum Gasteiger partial charge on any atom is -0.497 e. The quantitative estimate of drug-likeness (QED) is 0.818. The molecule has 0 saturated heterocycles. The van der Waals surface area contributed by atoms with E-state index in [1.165, 1.54) is 0 Å². The van der Waals surface area contributed by atoms with Crippen molar-refractivity contribution < 1.29 is 19.1 Å². The minimum absolute atomic E-state index is 0.342. The van der Waals surface area contributed by atoms with Crippen molar-refractivity contribution in [2.45, 2.75) is 26.3 Å². The second kappa shape index (κ2) is 6.98. The first-order chi connectivity index (χ1) is 10.6. The summed E-state index contributed by atoms with van der Waals surface area (Å²) in [7, 11) is 1.57. The van der Waals surface area contributed by atoms with E-state index < -0.39 is 12.0 Å². The first kappa shape index (κ1) is 15.9. The van der Waals surface area contributed by atoms with Crippen LogP contribution in [0.3, 0.4) is 0 Å². The van der Waals surface area contributed by atoms with Gasteiger partial charge in [0.2, 0.25) is 0 Å². The van der Waals surface area contributed by atoms with E-state index in [1.54, 1.807) is 26.2 Å². The fourth-order valence-electron chi connectivity index (χ4n) is 2.31. The number of nitrogens with one attached hydrogen (secondary N) is 2. The zero-order chi connectivity index (χ0) is 16.1. The van der Waals surface area contributed by atoms with Crippen LogP contribution in [0, 0.1) is 0 Å². The van der Waals surface area contributed by atoms with E-state index in [2.05, 4.69) is 10.6 Å². The molecule has 0 spiro atoms. The number of rotatable bonds is 5. The number of hydrogen-bond donors (Lipinski definition) is 2. The Morgan fingerprint density at radius 2 is 2.14 bits per heavy atom. The van der Waals surface area contributed by atoms with Gasteiger partial charge in [-0.25, -0.2) is 9.59 Å². The third kappa shape index (κ3) is 3.39. The predicted octanol–water partition coefficient (Wildman–Crippen LogP) is 2.28. The molecule has 0 radical (unpaired) electrons. The largest absolute Gasteiger partial charge is 0.497 e. The van der Waals surface area contributed by atoms with E-state index in [0.29, 0.717) is 23.6 Å². The standard InChI is InChI=1S/C16H20N2O4/c1-4-8-22-15(19)13-10(2)17-16(20)18-14(13)11-6-5-7-12(9-11)21-3/h5-7,9,14H,4,8H2,1-3H3,(H2,17,18,20)/t14-/m1/s1. The van der Waals surface area contributed by atoms with Crippen molar-refractivity contribution in [2.24, 2.45) is 0 Å². The Labute approximate surface area is 129 Å². The monoisotopic (exact) mass is 304 g/mol. The highest BCUT2D eigenvalue weighted by molar-refractivity contribution is 5.95. The molecule has 118 valence electrons. The lowest BCUT2D eigenvalue weighted by molar-refractivity contribution is -0.139. The number of benzene rings is 1. The highest BCUT2D eigenvalue weighted by Gasteiger charge is 2.32. The molecule has 22 heavy (non-hydrogen) atoms. The molecule has 1 heterocycles. The average Bonchev–Trinajstić information content (AvgIpc) is 2.51. The van der Waals surface area contributed by atoms with Crippen LogP contribution >= 0.6 is 0 Å². The van der Waals surface area contributed by atoms with Gasteiger partial charge in [-0.15, -0.1) is 0 Å². The molecule has 0 saturated carbocycles. The normalized spacial score (nSPS) is 17.6. The Morgan fingerprint density at radius 3 is 2.82 bits per heavy atom. The Morgan fingerprint density at radius 1 is 1.36 bits per heavy atom. The summed E-state index contributed by atoms with van der Waals surface area (Å²) in [4.78, 5) is 24.1. The molecule has 1 aliphatic rings. The van der Waals surface area contributed by atoms with Crippen molar-refractivity contribution in [3.8, 4) is 5.75 Å². The average molecular weight is 304 g/mol. The fourth-order valence-corrected chi connectivity index (χ4v) is 2.31. The third-order valence-corrected chi connectivity index (χ3v) is 3.35. The van der Waals surface area contributed by atoms with Gasteiger partial charge in [-0.05, 0) is 31.0 Å². The van der Waals surface area contributed by atoms with Gasteiger partial charge in [-0.2, -0.15) is 0 Å². The molecule has 0 aliphatic carbocycles. The molecular formula is C16H20N2O4. The van der Waals surface area contributed by atoms with E-state index in [9.17, 15) is 9.59 Å². The molecule has 0 unspecified atom stereocenters. The highest BCUT2D eigenvalue weighted by atomic mass is 16.5. The number of allylic oxidation sites excluding steroid dienone is 1. The number of urea groups is 1. The molecule has 0 aromatic heterocycles. The van der Waals surface area contributed by atoms with Crippen LogP contribution in [0.4, 0.5) is 4.79 Å². The molecule has 1 aromatic rings. The van der Waals surface area contributed by atoms with Crippen LogP contribution in [0.15, 0.2) is 35.5 Å². The zero-order valence-electron chi connectivity index (χ0n) is 12.9. The maximum absolute atomic E-state index is 12.3. The van der Waals surface area contributed by atoms with Crippen LogP contribution in [0.1, 0.15) is 31.9 Å². The van der Waals surface area contributed by atoms with Crippen LogP contribution in [0.2, 0.25) is 0 Å². The number of esters is 1. The molecule has 1 aliphatic heterocycles. The molecule has 6 nitrogen and oxygen atoms in total. The number of methoxy groups -OCH3 is 1. The van der Waals surface area contributed by atoms with Crippen molar-refractivity contribution in [2.75, 3.05) is 13.7 Å². The summed E-state index contributed by atoms with van der Waals surface area (Å²) in [6.45, 7) is 3.96. The molecule has 1 aromatic carbocycles. The van der Waals surface area contributed by atoms with Crippen molar-refractivity contribution >= 4 is 12.0 Å². The molecule has 0 fully saturated rings. The van der Waals surface area contributed by atoms with Crippen molar-refractivity contribution in [3.63, 3.8) is 0 Å². The molecule has 2 rings (SSSR count). The van der Waals surface area contributed by atoms with E-state index in [1.807, 2.05) is 19.1 Å². The molecule has 2 N–H and O–H groups in total. The van der Waals surface area contributed by atoms with Crippen LogP contribution in [-0.4, -0.2) is 25.7 Å². The maximum atomic E-state index is 12.3. The van der Waals surface area contributed by atoms with Gasteiger partial charge in [-0.3, -0.25) is 0 Å². The third-order valence-electron chi connectivity index (χ3n) is 3.35. The van der Waals surface area contributed by atoms with Crippen molar-refractivity contribution in [1.29, 1.82) is 0 Å². The van der Waals surface area contributed by atoms with Crippen LogP contribution in [0.25, 0.3) is 0 Å². The number of carbonyl (C=O) groups excluding carboxylic acids is 2. The summed E-state index contributed by atoms with van der Waals surface area (Å²) in [6, 6.07) is 6.33. The van der Waals surface area contributed by atoms with E-state index >= 15 is 0 Å². The maximum Gasteiger partial charge on any atom is 0.338 e. The number of hydrogen-bond acceptors (Lipinski definition) is 4. The summed E-state index contributed by atoms with van der Waals surface area (Å²) in [5.74, 6) is 0.226. The lowest BCUT2D eigenvalue weighted by Crippen LogP contribution is -2.45. The second-order valence-corrected chi connectivity index (χ2v) is 4.98. The zero-order valence-corrected chi connectivity index (χ0v) is 12.9. The highest BCUT2D eigenvalue weighted by Crippen LogP contribution is 2.29. The Kier molecular flexibility index (Phi) is 5.04. The Balaban J connectivity index is 2.38. The van der Waals surface area contributed by atoms with Gasteiger partial charge in [0.25, 0.3) is 0 Å². The Bertz CT molecular complexity index is 610. The van der Waals surface area contributed by atoms with E-state index in [4.69, 9.17) is 9.47 Å². The number of ether oxygens (including phenoxy) is 2. The van der Waals surface area contributed by atoms with Gasteiger partial charge in [0.15, 0.2) is 0 Å². The fraction of sp³-hybridized carbons (Fsp3) is 0.375. The Hall–Kier alpha value is -2.50. The molecular weight excluding hydrogens is 284 g/mol. The molecule has 2 amide bonds. The second-order valence-electron chi connectivity index (χ2n) is 4.98. The minimum atomic E-state index is -0.562. The predicted molar refractivity (Wildman–Crippen MR) is 81.4 cm³/mol. The first-order valence-electron chi connectivity index (χ1n) is 7.16.